The third-order valence-corrected chi connectivity index (χ3v) is 6.50. The summed E-state index contributed by atoms with van der Waals surface area (Å²) in [6, 6.07) is 16.8. The van der Waals surface area contributed by atoms with Gasteiger partial charge in [-0.05, 0) is 17.7 Å². The highest BCUT2D eigenvalue weighted by Gasteiger charge is 2.27. The fourth-order valence-corrected chi connectivity index (χ4v) is 4.47. The second-order valence-corrected chi connectivity index (χ2v) is 9.45. The van der Waals surface area contributed by atoms with E-state index in [4.69, 9.17) is 9.47 Å². The maximum absolute atomic E-state index is 13.0. The first-order valence-electron chi connectivity index (χ1n) is 13.1. The third-order valence-electron chi connectivity index (χ3n) is 6.50. The van der Waals surface area contributed by atoms with Gasteiger partial charge in [-0.3, -0.25) is 19.3 Å². The number of fused-ring (bicyclic) bond motifs is 1. The molecule has 1 aromatic heterocycles. The Labute approximate surface area is 231 Å². The molecule has 0 atom stereocenters. The molecule has 12 nitrogen and oxygen atoms in total. The summed E-state index contributed by atoms with van der Waals surface area (Å²) in [7, 11) is 0. The van der Waals surface area contributed by atoms with Gasteiger partial charge in [-0.15, -0.1) is 0 Å². The fraction of sp³-hybridized carbons (Fsp3) is 0.321. The lowest BCUT2D eigenvalue weighted by atomic mass is 10.1. The van der Waals surface area contributed by atoms with Gasteiger partial charge in [0.1, 0.15) is 11.6 Å². The van der Waals surface area contributed by atoms with Gasteiger partial charge in [-0.2, -0.15) is 0 Å². The molecule has 1 saturated heterocycles. The van der Waals surface area contributed by atoms with Crippen molar-refractivity contribution in [3.63, 3.8) is 0 Å². The molecule has 3 amide bonds. The minimum atomic E-state index is -0.758. The first kappa shape index (κ1) is 26.9. The van der Waals surface area contributed by atoms with Gasteiger partial charge >= 0.3 is 11.8 Å². The molecule has 3 heterocycles. The number of hydrogen-bond donors (Lipinski definition) is 3. The molecule has 2 aliphatic rings. The Hall–Kier alpha value is -4.71. The van der Waals surface area contributed by atoms with E-state index in [2.05, 4.69) is 30.8 Å². The Balaban J connectivity index is 1.19. The van der Waals surface area contributed by atoms with Gasteiger partial charge in [0, 0.05) is 64.4 Å². The van der Waals surface area contributed by atoms with Crippen LogP contribution in [-0.2, 0) is 20.9 Å². The number of nitrogens with zero attached hydrogens (tertiary/aromatic N) is 4. The molecule has 2 aromatic carbocycles. The molecule has 0 radical (unpaired) electrons. The average molecular weight is 546 g/mol. The van der Waals surface area contributed by atoms with Crippen LogP contribution in [0.5, 0.6) is 11.5 Å². The Kier molecular flexibility index (Phi) is 8.35. The van der Waals surface area contributed by atoms with Gasteiger partial charge < -0.3 is 30.3 Å². The summed E-state index contributed by atoms with van der Waals surface area (Å²) in [6.07, 6.45) is 0. The van der Waals surface area contributed by atoms with E-state index in [9.17, 15) is 14.4 Å². The minimum Gasteiger partial charge on any atom is -0.454 e. The molecule has 40 heavy (non-hydrogen) atoms. The number of carbonyl (C=O) groups is 3. The molecular formula is C28H31N7O5. The summed E-state index contributed by atoms with van der Waals surface area (Å²) in [5.74, 6) is 1.05. The van der Waals surface area contributed by atoms with Crippen molar-refractivity contribution in [1.82, 2.24) is 25.1 Å². The first-order valence-corrected chi connectivity index (χ1v) is 13.1. The van der Waals surface area contributed by atoms with Crippen LogP contribution in [0.25, 0.3) is 11.4 Å². The van der Waals surface area contributed by atoms with Gasteiger partial charge in [-0.25, -0.2) is 9.97 Å². The highest BCUT2D eigenvalue weighted by Crippen LogP contribution is 2.32. The number of carbonyl (C=O) groups excluding carboxylic acids is 3. The van der Waals surface area contributed by atoms with Crippen molar-refractivity contribution in [1.29, 1.82) is 0 Å². The number of aromatic nitrogens is 2. The molecule has 5 rings (SSSR count). The quantitative estimate of drug-likeness (QED) is 0.285. The molecule has 1 fully saturated rings. The molecule has 0 aliphatic carbocycles. The monoisotopic (exact) mass is 545 g/mol. The van der Waals surface area contributed by atoms with Crippen molar-refractivity contribution in [2.45, 2.75) is 13.5 Å². The smallest absolute Gasteiger partial charge is 0.315 e. The third kappa shape index (κ3) is 6.83. The number of hydrogen-bond acceptors (Lipinski definition) is 9. The highest BCUT2D eigenvalue weighted by atomic mass is 16.7. The molecule has 0 unspecified atom stereocenters. The van der Waals surface area contributed by atoms with E-state index in [1.54, 1.807) is 11.0 Å². The van der Waals surface area contributed by atoms with Crippen molar-refractivity contribution in [2.75, 3.05) is 56.7 Å². The van der Waals surface area contributed by atoms with Crippen molar-refractivity contribution >= 4 is 29.4 Å². The van der Waals surface area contributed by atoms with Gasteiger partial charge in [0.15, 0.2) is 17.3 Å². The minimum absolute atomic E-state index is 0.130. The van der Waals surface area contributed by atoms with Crippen LogP contribution in [0, 0.1) is 0 Å². The maximum atomic E-state index is 13.0. The molecule has 0 bridgehead atoms. The van der Waals surface area contributed by atoms with E-state index in [1.807, 2.05) is 48.5 Å². The molecule has 3 N–H and O–H groups in total. The predicted octanol–water partition coefficient (Wildman–Crippen LogP) is 1.70. The van der Waals surface area contributed by atoms with E-state index in [-0.39, 0.29) is 18.5 Å². The number of nitrogens with one attached hydrogen (secondary N) is 3. The van der Waals surface area contributed by atoms with Gasteiger partial charge in [-0.1, -0.05) is 36.4 Å². The average Bonchev–Trinajstić information content (AvgIpc) is 3.44. The second kappa shape index (κ2) is 12.4. The fourth-order valence-electron chi connectivity index (χ4n) is 4.47. The topological polar surface area (TPSA) is 138 Å². The van der Waals surface area contributed by atoms with Gasteiger partial charge in [0.2, 0.25) is 12.7 Å². The van der Waals surface area contributed by atoms with Crippen molar-refractivity contribution in [2.24, 2.45) is 0 Å². The normalized spacial score (nSPS) is 14.5. The van der Waals surface area contributed by atoms with Gasteiger partial charge in [0.25, 0.3) is 0 Å². The zero-order valence-electron chi connectivity index (χ0n) is 22.2. The van der Waals surface area contributed by atoms with Crippen LogP contribution in [-0.4, -0.2) is 83.6 Å². The van der Waals surface area contributed by atoms with E-state index in [0.29, 0.717) is 57.5 Å². The Morgan fingerprint density at radius 2 is 1.62 bits per heavy atom. The number of amides is 3. The SMILES string of the molecule is CC(=O)NCCNc1cc(NC(=O)C(=O)N2CCN(Cc3ccc4c(c3)OCO4)CC2)nc(-c2ccccc2)n1. The summed E-state index contributed by atoms with van der Waals surface area (Å²) in [5, 5.41) is 8.47. The first-order chi connectivity index (χ1) is 19.4. The largest absolute Gasteiger partial charge is 0.454 e. The highest BCUT2D eigenvalue weighted by molar-refractivity contribution is 6.39. The van der Waals surface area contributed by atoms with Crippen molar-refractivity contribution in [3.05, 3.63) is 60.2 Å². The van der Waals surface area contributed by atoms with Crippen LogP contribution in [0.1, 0.15) is 12.5 Å². The van der Waals surface area contributed by atoms with Gasteiger partial charge in [0.05, 0.1) is 0 Å². The maximum Gasteiger partial charge on any atom is 0.315 e. The van der Waals surface area contributed by atoms with E-state index in [1.165, 1.54) is 6.92 Å². The van der Waals surface area contributed by atoms with Crippen molar-refractivity contribution < 1.29 is 23.9 Å². The number of benzene rings is 2. The van der Waals surface area contributed by atoms with Crippen LogP contribution in [0.4, 0.5) is 11.6 Å². The van der Waals surface area contributed by atoms with Crippen LogP contribution in [0.15, 0.2) is 54.6 Å². The van der Waals surface area contributed by atoms with E-state index < -0.39 is 11.8 Å². The Bertz CT molecular complexity index is 1380. The molecule has 2 aliphatic heterocycles. The summed E-state index contributed by atoms with van der Waals surface area (Å²) in [4.78, 5) is 49.8. The second-order valence-electron chi connectivity index (χ2n) is 9.45. The summed E-state index contributed by atoms with van der Waals surface area (Å²) < 4.78 is 10.8. The van der Waals surface area contributed by atoms with E-state index >= 15 is 0 Å². The molecule has 3 aromatic rings. The zero-order chi connectivity index (χ0) is 27.9. The lowest BCUT2D eigenvalue weighted by molar-refractivity contribution is -0.144. The Morgan fingerprint density at radius 1 is 0.875 bits per heavy atom. The molecule has 0 spiro atoms. The van der Waals surface area contributed by atoms with Crippen LogP contribution >= 0.6 is 0 Å². The summed E-state index contributed by atoms with van der Waals surface area (Å²) in [6.45, 7) is 5.38. The standard InChI is InChI=1S/C28H31N7O5/c1-19(36)29-9-10-30-24-16-25(32-26(31-24)21-5-3-2-4-6-21)33-27(37)28(38)35-13-11-34(12-14-35)17-20-7-8-22-23(15-20)40-18-39-22/h2-8,15-16H,9-14,17-18H2,1H3,(H,29,36)(H2,30,31,32,33,37). The van der Waals surface area contributed by atoms with Crippen molar-refractivity contribution in [3.8, 4) is 22.9 Å². The lowest BCUT2D eigenvalue weighted by Gasteiger charge is -2.34. The molecule has 0 saturated carbocycles. The van der Waals surface area contributed by atoms with Crippen LogP contribution in [0.3, 0.4) is 0 Å². The summed E-state index contributed by atoms with van der Waals surface area (Å²) in [5.41, 5.74) is 1.86. The zero-order valence-corrected chi connectivity index (χ0v) is 22.2. The van der Waals surface area contributed by atoms with Crippen LogP contribution < -0.4 is 25.4 Å². The molecule has 12 heteroatoms. The number of anilines is 2. The predicted molar refractivity (Wildman–Crippen MR) is 148 cm³/mol. The molecular weight excluding hydrogens is 514 g/mol. The number of piperazine rings is 1. The summed E-state index contributed by atoms with van der Waals surface area (Å²) >= 11 is 0. The number of ether oxygens (including phenoxy) is 2. The Morgan fingerprint density at radius 3 is 2.40 bits per heavy atom. The number of rotatable bonds is 8. The lowest BCUT2D eigenvalue weighted by Crippen LogP contribution is -2.51. The van der Waals surface area contributed by atoms with E-state index in [0.717, 1.165) is 22.6 Å². The van der Waals surface area contributed by atoms with Crippen LogP contribution in [0.2, 0.25) is 0 Å². The molecule has 208 valence electrons.